The molecule has 5 heteroatoms. The molecule has 2 rings (SSSR count). The molecule has 0 amide bonds. The largest absolute Gasteiger partial charge is 0.383 e. The maximum Gasteiger partial charge on any atom is 0.135 e. The van der Waals surface area contributed by atoms with Crippen molar-refractivity contribution < 1.29 is 0 Å². The molecular formula is C13H18N4S. The summed E-state index contributed by atoms with van der Waals surface area (Å²) in [5.41, 5.74) is 6.78. The summed E-state index contributed by atoms with van der Waals surface area (Å²) >= 11 is 1.75. The highest BCUT2D eigenvalue weighted by atomic mass is 32.1. The molecule has 96 valence electrons. The first-order chi connectivity index (χ1) is 8.61. The van der Waals surface area contributed by atoms with Crippen LogP contribution >= 0.6 is 11.3 Å². The number of rotatable bonds is 4. The van der Waals surface area contributed by atoms with E-state index >= 15 is 0 Å². The van der Waals surface area contributed by atoms with Crippen LogP contribution in [0.15, 0.2) is 17.5 Å². The number of nitrogens with two attached hydrogens (primary N) is 1. The Labute approximate surface area is 111 Å². The Morgan fingerprint density at radius 2 is 2.17 bits per heavy atom. The first kappa shape index (κ1) is 12.8. The quantitative estimate of drug-likeness (QED) is 0.887. The van der Waals surface area contributed by atoms with E-state index in [0.717, 1.165) is 17.8 Å². The standard InChI is InChI=1S/C13H18N4S/c1-4-10(11-6-5-7-18-11)17-13-8(2)12(14)15-9(3)16-13/h5-7,10H,4H2,1-3H3,(H3,14,15,16,17). The fourth-order valence-corrected chi connectivity index (χ4v) is 2.68. The number of nitrogens with zero attached hydrogens (tertiary/aromatic N) is 2. The second-order valence-corrected chi connectivity index (χ2v) is 5.23. The van der Waals surface area contributed by atoms with Gasteiger partial charge in [0.05, 0.1) is 6.04 Å². The number of anilines is 2. The zero-order valence-corrected chi connectivity index (χ0v) is 11.7. The molecule has 0 fully saturated rings. The van der Waals surface area contributed by atoms with Gasteiger partial charge in [0.2, 0.25) is 0 Å². The van der Waals surface area contributed by atoms with E-state index in [1.807, 2.05) is 13.8 Å². The topological polar surface area (TPSA) is 63.8 Å². The normalized spacial score (nSPS) is 12.4. The van der Waals surface area contributed by atoms with Gasteiger partial charge < -0.3 is 11.1 Å². The lowest BCUT2D eigenvalue weighted by Crippen LogP contribution is -2.13. The molecule has 4 nitrogen and oxygen atoms in total. The molecule has 1 atom stereocenters. The number of thiophene rings is 1. The second kappa shape index (κ2) is 5.35. The molecule has 2 heterocycles. The van der Waals surface area contributed by atoms with Crippen molar-refractivity contribution in [2.75, 3.05) is 11.1 Å². The molecule has 1 unspecified atom stereocenters. The van der Waals surface area contributed by atoms with Crippen LogP contribution in [0.5, 0.6) is 0 Å². The van der Waals surface area contributed by atoms with Gasteiger partial charge in [-0.2, -0.15) is 0 Å². The molecule has 0 aliphatic rings. The molecule has 0 aliphatic heterocycles. The van der Waals surface area contributed by atoms with Gasteiger partial charge in [0.25, 0.3) is 0 Å². The summed E-state index contributed by atoms with van der Waals surface area (Å²) in [5.74, 6) is 2.08. The number of aryl methyl sites for hydroxylation is 1. The minimum atomic E-state index is 0.275. The lowest BCUT2D eigenvalue weighted by atomic mass is 10.2. The van der Waals surface area contributed by atoms with Crippen molar-refractivity contribution in [3.05, 3.63) is 33.8 Å². The predicted molar refractivity (Wildman–Crippen MR) is 76.9 cm³/mol. The minimum absolute atomic E-state index is 0.275. The third-order valence-corrected chi connectivity index (χ3v) is 3.89. The molecule has 0 bridgehead atoms. The molecule has 0 saturated carbocycles. The van der Waals surface area contributed by atoms with Crippen LogP contribution in [0.4, 0.5) is 11.6 Å². The zero-order chi connectivity index (χ0) is 13.1. The summed E-state index contributed by atoms with van der Waals surface area (Å²) in [6, 6.07) is 4.48. The fourth-order valence-electron chi connectivity index (χ4n) is 1.82. The summed E-state index contributed by atoms with van der Waals surface area (Å²) in [7, 11) is 0. The van der Waals surface area contributed by atoms with Crippen molar-refractivity contribution in [3.63, 3.8) is 0 Å². The highest BCUT2D eigenvalue weighted by Gasteiger charge is 2.14. The highest BCUT2D eigenvalue weighted by molar-refractivity contribution is 7.10. The van der Waals surface area contributed by atoms with Gasteiger partial charge in [-0.3, -0.25) is 0 Å². The zero-order valence-electron chi connectivity index (χ0n) is 10.9. The summed E-state index contributed by atoms with van der Waals surface area (Å²) in [5, 5.41) is 5.55. The Balaban J connectivity index is 2.28. The Bertz CT molecular complexity index is 522. The van der Waals surface area contributed by atoms with Crippen LogP contribution in [0.3, 0.4) is 0 Å². The monoisotopic (exact) mass is 262 g/mol. The number of nitrogen functional groups attached to an aromatic ring is 1. The van der Waals surface area contributed by atoms with Crippen molar-refractivity contribution >= 4 is 23.0 Å². The Hall–Kier alpha value is -1.62. The van der Waals surface area contributed by atoms with Gasteiger partial charge in [0.15, 0.2) is 0 Å². The fraction of sp³-hybridized carbons (Fsp3) is 0.385. The molecule has 0 radical (unpaired) electrons. The molecule has 0 aromatic carbocycles. The van der Waals surface area contributed by atoms with E-state index in [4.69, 9.17) is 5.73 Å². The third kappa shape index (κ3) is 2.61. The van der Waals surface area contributed by atoms with Gasteiger partial charge in [-0.1, -0.05) is 13.0 Å². The maximum absolute atomic E-state index is 5.87. The van der Waals surface area contributed by atoms with Crippen LogP contribution in [0, 0.1) is 13.8 Å². The van der Waals surface area contributed by atoms with E-state index in [9.17, 15) is 0 Å². The van der Waals surface area contributed by atoms with Crippen LogP contribution in [-0.4, -0.2) is 9.97 Å². The average Bonchev–Trinajstić information content (AvgIpc) is 2.85. The number of hydrogen-bond donors (Lipinski definition) is 2. The first-order valence-corrected chi connectivity index (χ1v) is 6.90. The van der Waals surface area contributed by atoms with Crippen LogP contribution in [0.25, 0.3) is 0 Å². The minimum Gasteiger partial charge on any atom is -0.383 e. The molecule has 18 heavy (non-hydrogen) atoms. The maximum atomic E-state index is 5.87. The van der Waals surface area contributed by atoms with Crippen molar-refractivity contribution in [3.8, 4) is 0 Å². The van der Waals surface area contributed by atoms with Crippen molar-refractivity contribution in [1.82, 2.24) is 9.97 Å². The van der Waals surface area contributed by atoms with Gasteiger partial charge >= 0.3 is 0 Å². The summed E-state index contributed by atoms with van der Waals surface area (Å²) in [6.45, 7) is 5.95. The predicted octanol–water partition coefficient (Wildman–Crippen LogP) is 3.30. The SMILES string of the molecule is CCC(Nc1nc(C)nc(N)c1C)c1cccs1. The van der Waals surface area contributed by atoms with E-state index in [1.165, 1.54) is 4.88 Å². The lowest BCUT2D eigenvalue weighted by molar-refractivity contribution is 0.755. The number of nitrogens with one attached hydrogen (secondary N) is 1. The van der Waals surface area contributed by atoms with Gasteiger partial charge in [-0.05, 0) is 31.7 Å². The third-order valence-electron chi connectivity index (χ3n) is 2.90. The summed E-state index contributed by atoms with van der Waals surface area (Å²) in [4.78, 5) is 9.90. The summed E-state index contributed by atoms with van der Waals surface area (Å²) < 4.78 is 0. The molecule has 0 spiro atoms. The van der Waals surface area contributed by atoms with Gasteiger partial charge in [0, 0.05) is 10.4 Å². The second-order valence-electron chi connectivity index (χ2n) is 4.25. The number of aromatic nitrogens is 2. The van der Waals surface area contributed by atoms with Gasteiger partial charge in [-0.25, -0.2) is 9.97 Å². The molecule has 2 aromatic heterocycles. The van der Waals surface area contributed by atoms with Crippen molar-refractivity contribution in [1.29, 1.82) is 0 Å². The Morgan fingerprint density at radius 1 is 1.39 bits per heavy atom. The van der Waals surface area contributed by atoms with E-state index in [0.29, 0.717) is 11.6 Å². The van der Waals surface area contributed by atoms with Gasteiger partial charge in [0.1, 0.15) is 17.5 Å². The lowest BCUT2D eigenvalue weighted by Gasteiger charge is -2.18. The first-order valence-electron chi connectivity index (χ1n) is 6.02. The van der Waals surface area contributed by atoms with E-state index in [-0.39, 0.29) is 6.04 Å². The van der Waals surface area contributed by atoms with Crippen molar-refractivity contribution in [2.24, 2.45) is 0 Å². The van der Waals surface area contributed by atoms with Crippen molar-refractivity contribution in [2.45, 2.75) is 33.2 Å². The number of hydrogen-bond acceptors (Lipinski definition) is 5. The molecular weight excluding hydrogens is 244 g/mol. The van der Waals surface area contributed by atoms with Crippen LogP contribution < -0.4 is 11.1 Å². The van der Waals surface area contributed by atoms with Gasteiger partial charge in [-0.15, -0.1) is 11.3 Å². The smallest absolute Gasteiger partial charge is 0.135 e. The average molecular weight is 262 g/mol. The summed E-state index contributed by atoms with van der Waals surface area (Å²) in [6.07, 6.45) is 1.00. The van der Waals surface area contributed by atoms with Crippen LogP contribution in [0.1, 0.15) is 35.7 Å². The van der Waals surface area contributed by atoms with E-state index in [1.54, 1.807) is 11.3 Å². The molecule has 0 saturated heterocycles. The van der Waals surface area contributed by atoms with Crippen LogP contribution in [-0.2, 0) is 0 Å². The Morgan fingerprint density at radius 3 is 2.78 bits per heavy atom. The molecule has 3 N–H and O–H groups in total. The molecule has 2 aromatic rings. The van der Waals surface area contributed by atoms with E-state index < -0.39 is 0 Å². The highest BCUT2D eigenvalue weighted by Crippen LogP contribution is 2.27. The van der Waals surface area contributed by atoms with Crippen LogP contribution in [0.2, 0.25) is 0 Å². The van der Waals surface area contributed by atoms with E-state index in [2.05, 4.69) is 39.7 Å². The molecule has 0 aliphatic carbocycles. The Kier molecular flexibility index (Phi) is 3.81.